The van der Waals surface area contributed by atoms with Crippen LogP contribution in [0.1, 0.15) is 5.56 Å². The van der Waals surface area contributed by atoms with E-state index in [4.69, 9.17) is 16.3 Å². The zero-order valence-electron chi connectivity index (χ0n) is 15.5. The molecule has 2 amide bonds. The lowest BCUT2D eigenvalue weighted by Gasteiger charge is -2.31. The molecular weight excluding hydrogens is 362 g/mol. The van der Waals surface area contributed by atoms with Gasteiger partial charge in [-0.05, 0) is 29.8 Å². The van der Waals surface area contributed by atoms with E-state index < -0.39 is 0 Å². The van der Waals surface area contributed by atoms with Gasteiger partial charge in [0.15, 0.2) is 0 Å². The lowest BCUT2D eigenvalue weighted by molar-refractivity contribution is -0.898. The molecule has 0 aliphatic carbocycles. The van der Waals surface area contributed by atoms with E-state index in [0.29, 0.717) is 16.5 Å². The first-order chi connectivity index (χ1) is 13.2. The van der Waals surface area contributed by atoms with E-state index in [1.54, 1.807) is 25.3 Å². The number of carbonyl (C=O) groups excluding carboxylic acids is 1. The van der Waals surface area contributed by atoms with Crippen LogP contribution in [0.25, 0.3) is 6.08 Å². The largest absolute Gasteiger partial charge is 0.495 e. The number of nitrogens with one attached hydrogen (secondary N) is 2. The van der Waals surface area contributed by atoms with E-state index in [9.17, 15) is 4.79 Å². The topological polar surface area (TPSA) is 46.0 Å². The van der Waals surface area contributed by atoms with Gasteiger partial charge in [0, 0.05) is 5.02 Å². The van der Waals surface area contributed by atoms with Crippen molar-refractivity contribution in [1.29, 1.82) is 0 Å². The van der Waals surface area contributed by atoms with E-state index in [1.807, 2.05) is 23.1 Å². The minimum absolute atomic E-state index is 0.116. The van der Waals surface area contributed by atoms with Crippen molar-refractivity contribution in [3.8, 4) is 5.75 Å². The molecule has 1 heterocycles. The van der Waals surface area contributed by atoms with Crippen LogP contribution in [0.5, 0.6) is 5.75 Å². The van der Waals surface area contributed by atoms with Gasteiger partial charge in [-0.25, -0.2) is 4.79 Å². The van der Waals surface area contributed by atoms with Crippen molar-refractivity contribution in [3.05, 3.63) is 65.2 Å². The highest BCUT2D eigenvalue weighted by atomic mass is 35.5. The number of carbonyl (C=O) groups is 1. The molecular formula is C21H25ClN3O2+. The molecule has 1 aliphatic rings. The number of nitrogens with zero attached hydrogens (tertiary/aromatic N) is 1. The van der Waals surface area contributed by atoms with Gasteiger partial charge in [-0.15, -0.1) is 0 Å². The van der Waals surface area contributed by atoms with Crippen molar-refractivity contribution in [1.82, 2.24) is 4.90 Å². The second kappa shape index (κ2) is 9.44. The molecule has 2 N–H and O–H groups in total. The summed E-state index contributed by atoms with van der Waals surface area (Å²) in [5, 5.41) is 3.47. The summed E-state index contributed by atoms with van der Waals surface area (Å²) in [7, 11) is 1.57. The average Bonchev–Trinajstić information content (AvgIpc) is 2.69. The van der Waals surface area contributed by atoms with Gasteiger partial charge in [0.1, 0.15) is 5.75 Å². The van der Waals surface area contributed by atoms with Crippen LogP contribution in [-0.4, -0.2) is 50.8 Å². The van der Waals surface area contributed by atoms with E-state index in [-0.39, 0.29) is 6.03 Å². The Hall–Kier alpha value is -2.50. The molecule has 1 fully saturated rings. The Morgan fingerprint density at radius 1 is 1.22 bits per heavy atom. The van der Waals surface area contributed by atoms with Crippen LogP contribution in [0, 0.1) is 0 Å². The molecule has 6 heteroatoms. The monoisotopic (exact) mass is 386 g/mol. The number of hydrogen-bond donors (Lipinski definition) is 2. The fraction of sp³-hybridized carbons (Fsp3) is 0.286. The smallest absolute Gasteiger partial charge is 0.322 e. The molecule has 1 aliphatic heterocycles. The first kappa shape index (κ1) is 19.3. The summed E-state index contributed by atoms with van der Waals surface area (Å²) in [5.74, 6) is 0.600. The molecule has 3 rings (SSSR count). The SMILES string of the molecule is COc1ccc(Cl)cc1NC(=O)N1CC[NH+](C/C=C/c2ccccc2)CC1. The van der Waals surface area contributed by atoms with Gasteiger partial charge in [0.05, 0.1) is 45.5 Å². The van der Waals surface area contributed by atoms with Crippen LogP contribution >= 0.6 is 11.6 Å². The predicted octanol–water partition coefficient (Wildman–Crippen LogP) is 2.79. The second-order valence-corrected chi connectivity index (χ2v) is 6.97. The molecule has 5 nitrogen and oxygen atoms in total. The fourth-order valence-electron chi connectivity index (χ4n) is 3.13. The number of rotatable bonds is 5. The highest BCUT2D eigenvalue weighted by Crippen LogP contribution is 2.27. The van der Waals surface area contributed by atoms with Crippen LogP contribution in [0.3, 0.4) is 0 Å². The van der Waals surface area contributed by atoms with Crippen LogP contribution in [0.15, 0.2) is 54.6 Å². The van der Waals surface area contributed by atoms with Crippen molar-refractivity contribution < 1.29 is 14.4 Å². The van der Waals surface area contributed by atoms with Gasteiger partial charge in [0.25, 0.3) is 0 Å². The van der Waals surface area contributed by atoms with E-state index >= 15 is 0 Å². The van der Waals surface area contributed by atoms with Crippen LogP contribution < -0.4 is 15.0 Å². The number of piperazine rings is 1. The number of amides is 2. The first-order valence-electron chi connectivity index (χ1n) is 9.10. The van der Waals surface area contributed by atoms with Crippen molar-refractivity contribution in [2.75, 3.05) is 45.2 Å². The molecule has 27 heavy (non-hydrogen) atoms. The molecule has 142 valence electrons. The normalized spacial score (nSPS) is 15.1. The second-order valence-electron chi connectivity index (χ2n) is 6.53. The quantitative estimate of drug-likeness (QED) is 0.830. The number of anilines is 1. The number of urea groups is 1. The maximum Gasteiger partial charge on any atom is 0.322 e. The third-order valence-corrected chi connectivity index (χ3v) is 4.91. The maximum atomic E-state index is 12.5. The van der Waals surface area contributed by atoms with Crippen molar-refractivity contribution in [2.24, 2.45) is 0 Å². The zero-order valence-corrected chi connectivity index (χ0v) is 16.2. The summed E-state index contributed by atoms with van der Waals surface area (Å²) < 4.78 is 5.28. The molecule has 0 atom stereocenters. The van der Waals surface area contributed by atoms with E-state index in [1.165, 1.54) is 10.5 Å². The van der Waals surface area contributed by atoms with Crippen LogP contribution in [0.2, 0.25) is 5.02 Å². The van der Waals surface area contributed by atoms with Crippen LogP contribution in [0.4, 0.5) is 10.5 Å². The summed E-state index contributed by atoms with van der Waals surface area (Å²) in [6.45, 7) is 4.28. The molecule has 2 aromatic carbocycles. The molecule has 0 aromatic heterocycles. The zero-order chi connectivity index (χ0) is 19.1. The lowest BCUT2D eigenvalue weighted by Crippen LogP contribution is -3.14. The number of ether oxygens (including phenoxy) is 1. The third-order valence-electron chi connectivity index (χ3n) is 4.68. The number of methoxy groups -OCH3 is 1. The van der Waals surface area contributed by atoms with Gasteiger partial charge in [0.2, 0.25) is 0 Å². The van der Waals surface area contributed by atoms with Crippen LogP contribution in [-0.2, 0) is 0 Å². The Labute approximate surface area is 165 Å². The average molecular weight is 387 g/mol. The first-order valence-corrected chi connectivity index (χ1v) is 9.48. The summed E-state index contributed by atoms with van der Waals surface area (Å²) >= 11 is 6.02. The summed E-state index contributed by atoms with van der Waals surface area (Å²) in [5.41, 5.74) is 1.81. The fourth-order valence-corrected chi connectivity index (χ4v) is 3.30. The Morgan fingerprint density at radius 3 is 2.67 bits per heavy atom. The maximum absolute atomic E-state index is 12.5. The molecule has 0 radical (unpaired) electrons. The molecule has 1 saturated heterocycles. The van der Waals surface area contributed by atoms with Gasteiger partial charge < -0.3 is 19.9 Å². The molecule has 0 saturated carbocycles. The molecule has 0 bridgehead atoms. The minimum Gasteiger partial charge on any atom is -0.495 e. The van der Waals surface area contributed by atoms with Crippen molar-refractivity contribution in [2.45, 2.75) is 0 Å². The number of benzene rings is 2. The van der Waals surface area contributed by atoms with Gasteiger partial charge in [-0.2, -0.15) is 0 Å². The summed E-state index contributed by atoms with van der Waals surface area (Å²) in [6, 6.07) is 15.4. The third kappa shape index (κ3) is 5.49. The Morgan fingerprint density at radius 2 is 1.96 bits per heavy atom. The van der Waals surface area contributed by atoms with Crippen molar-refractivity contribution in [3.63, 3.8) is 0 Å². The standard InChI is InChI=1S/C21H24ClN3O2/c1-27-20-10-9-18(22)16-19(20)23-21(26)25-14-12-24(13-15-25)11-5-8-17-6-3-2-4-7-17/h2-10,16H,11-15H2,1H3,(H,23,26)/p+1/b8-5+. The number of hydrogen-bond acceptors (Lipinski definition) is 2. The summed E-state index contributed by atoms with van der Waals surface area (Å²) in [6.07, 6.45) is 4.36. The Balaban J connectivity index is 1.48. The van der Waals surface area contributed by atoms with Crippen molar-refractivity contribution >= 4 is 29.4 Å². The molecule has 0 spiro atoms. The molecule has 2 aromatic rings. The highest BCUT2D eigenvalue weighted by Gasteiger charge is 2.23. The van der Waals surface area contributed by atoms with E-state index in [0.717, 1.165) is 32.7 Å². The highest BCUT2D eigenvalue weighted by molar-refractivity contribution is 6.31. The lowest BCUT2D eigenvalue weighted by atomic mass is 10.2. The minimum atomic E-state index is -0.116. The van der Waals surface area contributed by atoms with Gasteiger partial charge in [-0.1, -0.05) is 48.0 Å². The summed E-state index contributed by atoms with van der Waals surface area (Å²) in [4.78, 5) is 15.9. The molecule has 0 unspecified atom stereocenters. The predicted molar refractivity (Wildman–Crippen MR) is 110 cm³/mol. The Bertz CT molecular complexity index is 787. The van der Waals surface area contributed by atoms with E-state index in [2.05, 4.69) is 29.6 Å². The van der Waals surface area contributed by atoms with Gasteiger partial charge >= 0.3 is 6.03 Å². The van der Waals surface area contributed by atoms with Gasteiger partial charge in [-0.3, -0.25) is 0 Å². The number of halogens is 1. The number of quaternary nitrogens is 1. The Kier molecular flexibility index (Phi) is 6.74.